The number of anilines is 1. The van der Waals surface area contributed by atoms with Crippen LogP contribution in [0.5, 0.6) is 0 Å². The molecule has 7 nitrogen and oxygen atoms in total. The Kier molecular flexibility index (Phi) is 2.70. The van der Waals surface area contributed by atoms with E-state index >= 15 is 0 Å². The van der Waals surface area contributed by atoms with Crippen LogP contribution < -0.4 is 10.2 Å². The van der Waals surface area contributed by atoms with Crippen molar-refractivity contribution in [2.45, 2.75) is 37.8 Å². The summed E-state index contributed by atoms with van der Waals surface area (Å²) in [5, 5.41) is 2.92. The van der Waals surface area contributed by atoms with Gasteiger partial charge in [-0.3, -0.25) is 9.69 Å². The minimum atomic E-state index is -0.597. The summed E-state index contributed by atoms with van der Waals surface area (Å²) in [6.45, 7) is 2.88. The molecule has 2 fully saturated rings. The van der Waals surface area contributed by atoms with Crippen LogP contribution in [-0.4, -0.2) is 51.6 Å². The number of carbonyl (C=O) groups excluding carboxylic acids is 2. The zero-order valence-electron chi connectivity index (χ0n) is 11.9. The number of imide groups is 1. The molecule has 1 saturated heterocycles. The van der Waals surface area contributed by atoms with E-state index in [2.05, 4.69) is 19.8 Å². The van der Waals surface area contributed by atoms with Crippen molar-refractivity contribution in [1.29, 1.82) is 0 Å². The second-order valence-corrected chi connectivity index (χ2v) is 6.08. The van der Waals surface area contributed by atoms with E-state index in [0.29, 0.717) is 13.1 Å². The number of imidazole rings is 1. The maximum Gasteiger partial charge on any atom is 0.325 e. The van der Waals surface area contributed by atoms with Gasteiger partial charge >= 0.3 is 6.03 Å². The average Bonchev–Trinajstić information content (AvgIpc) is 3.18. The quantitative estimate of drug-likeness (QED) is 0.826. The third kappa shape index (κ3) is 1.83. The van der Waals surface area contributed by atoms with Crippen LogP contribution in [0.1, 0.15) is 25.7 Å². The van der Waals surface area contributed by atoms with Gasteiger partial charge in [-0.05, 0) is 12.8 Å². The first-order valence-corrected chi connectivity index (χ1v) is 7.60. The van der Waals surface area contributed by atoms with Crippen molar-refractivity contribution >= 4 is 17.9 Å². The Morgan fingerprint density at radius 3 is 2.81 bits per heavy atom. The van der Waals surface area contributed by atoms with Crippen molar-refractivity contribution in [2.75, 3.05) is 24.5 Å². The zero-order chi connectivity index (χ0) is 14.4. The van der Waals surface area contributed by atoms with E-state index in [9.17, 15) is 9.59 Å². The van der Waals surface area contributed by atoms with Gasteiger partial charge in [0, 0.05) is 38.6 Å². The van der Waals surface area contributed by atoms with Crippen molar-refractivity contribution in [3.8, 4) is 0 Å². The van der Waals surface area contributed by atoms with Crippen LogP contribution in [0.3, 0.4) is 0 Å². The number of urea groups is 1. The molecule has 0 bridgehead atoms. The number of amides is 3. The van der Waals surface area contributed by atoms with Gasteiger partial charge in [-0.15, -0.1) is 0 Å². The predicted molar refractivity (Wildman–Crippen MR) is 75.9 cm³/mol. The number of rotatable bonds is 3. The topological polar surface area (TPSA) is 70.5 Å². The fraction of sp³-hybridized carbons (Fsp3) is 0.643. The number of carbonyl (C=O) groups is 2. The summed E-state index contributed by atoms with van der Waals surface area (Å²) in [6, 6.07) is -0.232. The molecule has 0 aromatic carbocycles. The lowest BCUT2D eigenvalue weighted by Crippen LogP contribution is -2.44. The van der Waals surface area contributed by atoms with Crippen LogP contribution in [0.2, 0.25) is 0 Å². The van der Waals surface area contributed by atoms with E-state index < -0.39 is 5.54 Å². The Bertz CT molecular complexity index is 590. The highest BCUT2D eigenvalue weighted by atomic mass is 16.2. The molecule has 1 saturated carbocycles. The summed E-state index contributed by atoms with van der Waals surface area (Å²) in [5.74, 6) is 0.894. The van der Waals surface area contributed by atoms with E-state index in [0.717, 1.165) is 44.7 Å². The molecule has 1 N–H and O–H groups in total. The third-order valence-electron chi connectivity index (χ3n) is 4.88. The molecule has 21 heavy (non-hydrogen) atoms. The molecule has 1 spiro atoms. The Morgan fingerprint density at radius 1 is 1.19 bits per heavy atom. The van der Waals surface area contributed by atoms with Gasteiger partial charge in [0.15, 0.2) is 0 Å². The van der Waals surface area contributed by atoms with Gasteiger partial charge in [0.25, 0.3) is 5.91 Å². The maximum absolute atomic E-state index is 12.5. The molecule has 3 heterocycles. The van der Waals surface area contributed by atoms with E-state index in [1.807, 2.05) is 6.20 Å². The minimum Gasteiger partial charge on any atom is -0.339 e. The van der Waals surface area contributed by atoms with Gasteiger partial charge in [0.05, 0.1) is 0 Å². The molecule has 0 unspecified atom stereocenters. The first kappa shape index (κ1) is 12.7. The fourth-order valence-electron chi connectivity index (χ4n) is 3.72. The zero-order valence-corrected chi connectivity index (χ0v) is 11.9. The molecule has 2 aliphatic heterocycles. The SMILES string of the molecule is O=C1NC2(CCCC2)C(=O)N1CCN1CCn2ccnc21. The molecule has 0 radical (unpaired) electrons. The molecule has 3 aliphatic rings. The Hall–Kier alpha value is -2.05. The average molecular weight is 289 g/mol. The van der Waals surface area contributed by atoms with E-state index in [-0.39, 0.29) is 11.9 Å². The van der Waals surface area contributed by atoms with Crippen LogP contribution in [0, 0.1) is 0 Å². The highest BCUT2D eigenvalue weighted by Gasteiger charge is 2.52. The normalized spacial score (nSPS) is 23.2. The van der Waals surface area contributed by atoms with Crippen molar-refractivity contribution in [3.05, 3.63) is 12.4 Å². The van der Waals surface area contributed by atoms with E-state index in [1.54, 1.807) is 6.20 Å². The lowest BCUT2D eigenvalue weighted by atomic mass is 9.98. The second kappa shape index (κ2) is 4.47. The lowest BCUT2D eigenvalue weighted by Gasteiger charge is -2.22. The summed E-state index contributed by atoms with van der Waals surface area (Å²) in [6.07, 6.45) is 7.33. The first-order chi connectivity index (χ1) is 10.2. The minimum absolute atomic E-state index is 0.0347. The molecule has 112 valence electrons. The molecule has 7 heteroatoms. The van der Waals surface area contributed by atoms with Crippen LogP contribution in [0.15, 0.2) is 12.4 Å². The van der Waals surface area contributed by atoms with Gasteiger partial charge in [-0.25, -0.2) is 9.78 Å². The molecule has 1 aromatic rings. The van der Waals surface area contributed by atoms with Crippen molar-refractivity contribution in [3.63, 3.8) is 0 Å². The van der Waals surface area contributed by atoms with E-state index in [1.165, 1.54) is 4.90 Å². The van der Waals surface area contributed by atoms with Gasteiger partial charge in [0.1, 0.15) is 5.54 Å². The van der Waals surface area contributed by atoms with Gasteiger partial charge in [-0.2, -0.15) is 0 Å². The molecule has 1 aromatic heterocycles. The van der Waals surface area contributed by atoms with Crippen LogP contribution in [-0.2, 0) is 11.3 Å². The number of fused-ring (bicyclic) bond motifs is 1. The number of aromatic nitrogens is 2. The van der Waals surface area contributed by atoms with Gasteiger partial charge in [-0.1, -0.05) is 12.8 Å². The van der Waals surface area contributed by atoms with Gasteiger partial charge < -0.3 is 14.8 Å². The smallest absolute Gasteiger partial charge is 0.325 e. The molecule has 4 rings (SSSR count). The summed E-state index contributed by atoms with van der Waals surface area (Å²) < 4.78 is 2.09. The Labute approximate surface area is 122 Å². The number of hydrogen-bond acceptors (Lipinski definition) is 4. The highest BCUT2D eigenvalue weighted by Crippen LogP contribution is 2.35. The molecule has 0 atom stereocenters. The van der Waals surface area contributed by atoms with Crippen LogP contribution in [0.4, 0.5) is 10.7 Å². The third-order valence-corrected chi connectivity index (χ3v) is 4.88. The molecule has 1 aliphatic carbocycles. The van der Waals surface area contributed by atoms with E-state index in [4.69, 9.17) is 0 Å². The predicted octanol–water partition coefficient (Wildman–Crippen LogP) is 0.568. The standard InChI is InChI=1S/C14H19N5O2/c20-11-14(3-1-2-4-14)16-13(21)19(11)10-9-18-8-7-17-6-5-15-12(17)18/h5-6H,1-4,7-10H2,(H,16,21). The number of nitrogens with one attached hydrogen (secondary N) is 1. The van der Waals surface area contributed by atoms with Crippen LogP contribution in [0.25, 0.3) is 0 Å². The second-order valence-electron chi connectivity index (χ2n) is 6.08. The summed E-state index contributed by atoms with van der Waals surface area (Å²) >= 11 is 0. The molecular formula is C14H19N5O2. The van der Waals surface area contributed by atoms with Crippen molar-refractivity contribution in [2.24, 2.45) is 0 Å². The molecule has 3 amide bonds. The summed E-state index contributed by atoms with van der Waals surface area (Å²) in [4.78, 5) is 32.5. The number of nitrogens with zero attached hydrogens (tertiary/aromatic N) is 4. The summed E-state index contributed by atoms with van der Waals surface area (Å²) in [7, 11) is 0. The monoisotopic (exact) mass is 289 g/mol. The first-order valence-electron chi connectivity index (χ1n) is 7.60. The van der Waals surface area contributed by atoms with Gasteiger partial charge in [0.2, 0.25) is 5.95 Å². The highest BCUT2D eigenvalue weighted by molar-refractivity contribution is 6.07. The van der Waals surface area contributed by atoms with Crippen molar-refractivity contribution < 1.29 is 9.59 Å². The Balaban J connectivity index is 1.44. The lowest BCUT2D eigenvalue weighted by molar-refractivity contribution is -0.131. The molecular weight excluding hydrogens is 270 g/mol. The summed E-state index contributed by atoms with van der Waals surface area (Å²) in [5.41, 5.74) is -0.597. The fourth-order valence-corrected chi connectivity index (χ4v) is 3.72. The number of hydrogen-bond donors (Lipinski definition) is 1. The van der Waals surface area contributed by atoms with Crippen molar-refractivity contribution in [1.82, 2.24) is 19.8 Å². The maximum atomic E-state index is 12.5. The largest absolute Gasteiger partial charge is 0.339 e. The Morgan fingerprint density at radius 2 is 2.00 bits per heavy atom. The van der Waals surface area contributed by atoms with Crippen LogP contribution >= 0.6 is 0 Å².